The van der Waals surface area contributed by atoms with E-state index in [1.165, 1.54) is 0 Å². The van der Waals surface area contributed by atoms with Crippen LogP contribution in [0.2, 0.25) is 5.02 Å². The Hall–Kier alpha value is -1.52. The Balaban J connectivity index is 2.28. The van der Waals surface area contributed by atoms with Gasteiger partial charge in [0.15, 0.2) is 11.6 Å². The molecule has 1 nitrogen and oxygen atoms in total. The number of aliphatic hydroxyl groups excluding tert-OH is 1. The molecule has 0 aliphatic rings. The monoisotopic (exact) mass is 286 g/mol. The summed E-state index contributed by atoms with van der Waals surface area (Å²) in [5, 5.41) is 10.3. The van der Waals surface area contributed by atoms with E-state index in [0.29, 0.717) is 22.7 Å². The van der Waals surface area contributed by atoms with Crippen LogP contribution in [0.1, 0.15) is 17.2 Å². The van der Waals surface area contributed by atoms with Crippen LogP contribution in [-0.4, -0.2) is 5.11 Å². The van der Waals surface area contributed by atoms with Gasteiger partial charge < -0.3 is 5.11 Å². The molecule has 5 heteroatoms. The SMILES string of the molecule is OC(Cc1ccccc1Cl)c1cc(F)c(F)cc1F. The second-order valence-electron chi connectivity index (χ2n) is 4.10. The van der Waals surface area contributed by atoms with Crippen LogP contribution in [0.3, 0.4) is 0 Å². The van der Waals surface area contributed by atoms with E-state index in [0.717, 1.165) is 0 Å². The third-order valence-electron chi connectivity index (χ3n) is 2.77. The van der Waals surface area contributed by atoms with Crippen LogP contribution in [0.15, 0.2) is 36.4 Å². The first kappa shape index (κ1) is 13.9. The van der Waals surface area contributed by atoms with Crippen LogP contribution in [0, 0.1) is 17.5 Å². The average Bonchev–Trinajstić information content (AvgIpc) is 2.36. The summed E-state index contributed by atoms with van der Waals surface area (Å²) in [6.07, 6.45) is -1.28. The van der Waals surface area contributed by atoms with Crippen molar-refractivity contribution in [1.82, 2.24) is 0 Å². The van der Waals surface area contributed by atoms with Gasteiger partial charge in [-0.15, -0.1) is 0 Å². The van der Waals surface area contributed by atoms with E-state index in [4.69, 9.17) is 11.6 Å². The molecule has 0 aliphatic carbocycles. The number of aliphatic hydroxyl groups is 1. The van der Waals surface area contributed by atoms with Crippen molar-refractivity contribution in [3.05, 3.63) is 70.0 Å². The molecule has 19 heavy (non-hydrogen) atoms. The first-order valence-electron chi connectivity index (χ1n) is 5.55. The summed E-state index contributed by atoms with van der Waals surface area (Å²) >= 11 is 5.91. The minimum absolute atomic E-state index is 0.0155. The van der Waals surface area contributed by atoms with Crippen LogP contribution in [0.4, 0.5) is 13.2 Å². The summed E-state index contributed by atoms with van der Waals surface area (Å²) in [6.45, 7) is 0. The van der Waals surface area contributed by atoms with Crippen molar-refractivity contribution in [1.29, 1.82) is 0 Å². The molecule has 0 saturated heterocycles. The molecule has 0 bridgehead atoms. The minimum atomic E-state index is -1.30. The lowest BCUT2D eigenvalue weighted by Gasteiger charge is -2.13. The van der Waals surface area contributed by atoms with Crippen LogP contribution < -0.4 is 0 Å². The van der Waals surface area contributed by atoms with E-state index >= 15 is 0 Å². The lowest BCUT2D eigenvalue weighted by atomic mass is 10.0. The van der Waals surface area contributed by atoms with E-state index in [1.807, 2.05) is 0 Å². The molecule has 2 rings (SSSR count). The number of halogens is 4. The summed E-state index contributed by atoms with van der Waals surface area (Å²) in [4.78, 5) is 0. The Bertz CT molecular complexity index is 601. The van der Waals surface area contributed by atoms with E-state index in [1.54, 1.807) is 24.3 Å². The molecule has 100 valence electrons. The van der Waals surface area contributed by atoms with E-state index < -0.39 is 23.6 Å². The van der Waals surface area contributed by atoms with Crippen molar-refractivity contribution >= 4 is 11.6 Å². The molecular formula is C14H10ClF3O. The molecule has 0 heterocycles. The number of hydrogen-bond acceptors (Lipinski definition) is 1. The van der Waals surface area contributed by atoms with Gasteiger partial charge in [0.25, 0.3) is 0 Å². The predicted molar refractivity (Wildman–Crippen MR) is 66.4 cm³/mol. The van der Waals surface area contributed by atoms with Gasteiger partial charge in [0.05, 0.1) is 6.10 Å². The maximum Gasteiger partial charge on any atom is 0.161 e. The second-order valence-corrected chi connectivity index (χ2v) is 4.51. The molecule has 0 radical (unpaired) electrons. The fraction of sp³-hybridized carbons (Fsp3) is 0.143. The van der Waals surface area contributed by atoms with Crippen LogP contribution >= 0.6 is 11.6 Å². The second kappa shape index (κ2) is 5.63. The summed E-state index contributed by atoms with van der Waals surface area (Å²) in [7, 11) is 0. The fourth-order valence-electron chi connectivity index (χ4n) is 1.78. The van der Waals surface area contributed by atoms with Gasteiger partial charge in [-0.2, -0.15) is 0 Å². The Morgan fingerprint density at radius 2 is 1.63 bits per heavy atom. The fourth-order valence-corrected chi connectivity index (χ4v) is 1.99. The highest BCUT2D eigenvalue weighted by Crippen LogP contribution is 2.26. The molecule has 1 N–H and O–H groups in total. The molecule has 2 aromatic rings. The smallest absolute Gasteiger partial charge is 0.161 e. The van der Waals surface area contributed by atoms with Crippen LogP contribution in [0.25, 0.3) is 0 Å². The van der Waals surface area contributed by atoms with Crippen molar-refractivity contribution in [3.8, 4) is 0 Å². The van der Waals surface area contributed by atoms with Crippen molar-refractivity contribution < 1.29 is 18.3 Å². The van der Waals surface area contributed by atoms with Crippen molar-refractivity contribution in [2.45, 2.75) is 12.5 Å². The van der Waals surface area contributed by atoms with Gasteiger partial charge in [0, 0.05) is 23.1 Å². The predicted octanol–water partition coefficient (Wildman–Crippen LogP) is 4.03. The van der Waals surface area contributed by atoms with Gasteiger partial charge in [-0.25, -0.2) is 13.2 Å². The van der Waals surface area contributed by atoms with E-state index in [-0.39, 0.29) is 12.0 Å². The van der Waals surface area contributed by atoms with Gasteiger partial charge in [0.1, 0.15) is 5.82 Å². The first-order chi connectivity index (χ1) is 8.99. The Morgan fingerprint density at radius 1 is 1.00 bits per heavy atom. The molecule has 0 aromatic heterocycles. The van der Waals surface area contributed by atoms with Gasteiger partial charge in [-0.05, 0) is 17.7 Å². The lowest BCUT2D eigenvalue weighted by Crippen LogP contribution is -2.06. The molecular weight excluding hydrogens is 277 g/mol. The summed E-state index contributed by atoms with van der Waals surface area (Å²) in [5.41, 5.74) is 0.305. The average molecular weight is 287 g/mol. The van der Waals surface area contributed by atoms with Crippen LogP contribution in [0.5, 0.6) is 0 Å². The third-order valence-corrected chi connectivity index (χ3v) is 3.14. The molecule has 1 unspecified atom stereocenters. The van der Waals surface area contributed by atoms with Crippen LogP contribution in [-0.2, 0) is 6.42 Å². The summed E-state index contributed by atoms with van der Waals surface area (Å²) in [5.74, 6) is -3.47. The Kier molecular flexibility index (Phi) is 4.12. The number of rotatable bonds is 3. The van der Waals surface area contributed by atoms with E-state index in [2.05, 4.69) is 0 Å². The molecule has 0 saturated carbocycles. The van der Waals surface area contributed by atoms with Gasteiger partial charge in [-0.3, -0.25) is 0 Å². The van der Waals surface area contributed by atoms with Crippen molar-refractivity contribution in [2.24, 2.45) is 0 Å². The largest absolute Gasteiger partial charge is 0.388 e. The number of hydrogen-bond donors (Lipinski definition) is 1. The topological polar surface area (TPSA) is 20.2 Å². The molecule has 0 spiro atoms. The Morgan fingerprint density at radius 3 is 2.32 bits per heavy atom. The van der Waals surface area contributed by atoms with Crippen molar-refractivity contribution in [2.75, 3.05) is 0 Å². The third kappa shape index (κ3) is 3.08. The highest BCUT2D eigenvalue weighted by Gasteiger charge is 2.18. The number of benzene rings is 2. The van der Waals surface area contributed by atoms with Gasteiger partial charge >= 0.3 is 0 Å². The molecule has 1 atom stereocenters. The Labute approximate surface area is 113 Å². The molecule has 0 aliphatic heterocycles. The molecule has 0 fully saturated rings. The molecule has 0 amide bonds. The summed E-state index contributed by atoms with van der Waals surface area (Å²) in [6, 6.07) is 7.81. The molecule has 2 aromatic carbocycles. The maximum atomic E-state index is 13.5. The highest BCUT2D eigenvalue weighted by atomic mass is 35.5. The lowest BCUT2D eigenvalue weighted by molar-refractivity contribution is 0.172. The first-order valence-corrected chi connectivity index (χ1v) is 5.92. The maximum absolute atomic E-state index is 13.5. The zero-order valence-electron chi connectivity index (χ0n) is 9.71. The minimum Gasteiger partial charge on any atom is -0.388 e. The van der Waals surface area contributed by atoms with Gasteiger partial charge in [-0.1, -0.05) is 29.8 Å². The zero-order chi connectivity index (χ0) is 14.0. The zero-order valence-corrected chi connectivity index (χ0v) is 10.5. The highest BCUT2D eigenvalue weighted by molar-refractivity contribution is 6.31. The normalized spacial score (nSPS) is 12.5. The van der Waals surface area contributed by atoms with Gasteiger partial charge in [0.2, 0.25) is 0 Å². The van der Waals surface area contributed by atoms with Crippen molar-refractivity contribution in [3.63, 3.8) is 0 Å². The quantitative estimate of drug-likeness (QED) is 0.845. The summed E-state index contributed by atoms with van der Waals surface area (Å²) < 4.78 is 39.3. The standard InChI is InChI=1S/C14H10ClF3O/c15-10-4-2-1-3-8(10)5-14(19)9-6-12(17)13(18)7-11(9)16/h1-4,6-7,14,19H,5H2. The van der Waals surface area contributed by atoms with E-state index in [9.17, 15) is 18.3 Å².